The van der Waals surface area contributed by atoms with Crippen LogP contribution in [0.15, 0.2) is 54.6 Å². The second kappa shape index (κ2) is 6.82. The Morgan fingerprint density at radius 3 is 2.25 bits per heavy atom. The number of nitrogens with one attached hydrogen (secondary N) is 1. The van der Waals surface area contributed by atoms with Crippen molar-refractivity contribution in [3.05, 3.63) is 71.5 Å². The molecule has 0 aliphatic heterocycles. The molecule has 0 heterocycles. The lowest BCUT2D eigenvalue weighted by molar-refractivity contribution is -0.136. The van der Waals surface area contributed by atoms with Crippen molar-refractivity contribution in [2.24, 2.45) is 0 Å². The molecule has 1 atom stereocenters. The minimum absolute atomic E-state index is 0.0462. The fourth-order valence-electron chi connectivity index (χ4n) is 2.05. The topological polar surface area (TPSA) is 49.3 Å². The number of aliphatic carboxylic acids is 1. The number of rotatable bonds is 6. The van der Waals surface area contributed by atoms with Crippen molar-refractivity contribution < 1.29 is 14.3 Å². The van der Waals surface area contributed by atoms with E-state index in [4.69, 9.17) is 5.11 Å². The first-order chi connectivity index (χ1) is 9.66. The molecule has 2 rings (SSSR count). The summed E-state index contributed by atoms with van der Waals surface area (Å²) >= 11 is 0. The molecule has 0 aliphatic rings. The average molecular weight is 273 g/mol. The Bertz CT molecular complexity index is 554. The predicted molar refractivity (Wildman–Crippen MR) is 74.9 cm³/mol. The van der Waals surface area contributed by atoms with Crippen LogP contribution in [-0.4, -0.2) is 17.6 Å². The van der Waals surface area contributed by atoms with E-state index in [1.54, 1.807) is 12.1 Å². The molecule has 0 saturated carbocycles. The summed E-state index contributed by atoms with van der Waals surface area (Å²) in [4.78, 5) is 10.6. The monoisotopic (exact) mass is 273 g/mol. The van der Waals surface area contributed by atoms with Gasteiger partial charge >= 0.3 is 5.97 Å². The number of carboxylic acid groups (broad SMARTS) is 1. The van der Waals surface area contributed by atoms with Gasteiger partial charge in [0.25, 0.3) is 0 Å². The maximum atomic E-state index is 13.0. The number of halogens is 1. The van der Waals surface area contributed by atoms with E-state index in [9.17, 15) is 9.18 Å². The third-order valence-corrected chi connectivity index (χ3v) is 3.02. The van der Waals surface area contributed by atoms with Crippen LogP contribution in [0.1, 0.15) is 23.6 Å². The van der Waals surface area contributed by atoms with Crippen LogP contribution >= 0.6 is 0 Å². The van der Waals surface area contributed by atoms with Crippen molar-refractivity contribution in [1.82, 2.24) is 5.32 Å². The third-order valence-electron chi connectivity index (χ3n) is 3.02. The molecule has 0 aliphatic carbocycles. The molecule has 4 heteroatoms. The summed E-state index contributed by atoms with van der Waals surface area (Å²) in [6.07, 6.45) is 0.0462. The first-order valence-electron chi connectivity index (χ1n) is 6.42. The SMILES string of the molecule is O=C(O)CCNC(c1ccccc1)c1ccc(F)cc1. The number of carbonyl (C=O) groups is 1. The van der Waals surface area contributed by atoms with Gasteiger partial charge in [0.1, 0.15) is 5.82 Å². The lowest BCUT2D eigenvalue weighted by Crippen LogP contribution is -2.25. The normalized spacial score (nSPS) is 12.1. The van der Waals surface area contributed by atoms with Crippen LogP contribution in [0.2, 0.25) is 0 Å². The maximum Gasteiger partial charge on any atom is 0.304 e. The summed E-state index contributed by atoms with van der Waals surface area (Å²) < 4.78 is 13.0. The van der Waals surface area contributed by atoms with Gasteiger partial charge in [0, 0.05) is 6.54 Å². The Hall–Kier alpha value is -2.20. The van der Waals surface area contributed by atoms with E-state index in [1.165, 1.54) is 12.1 Å². The van der Waals surface area contributed by atoms with Gasteiger partial charge in [-0.15, -0.1) is 0 Å². The molecule has 104 valence electrons. The first kappa shape index (κ1) is 14.2. The largest absolute Gasteiger partial charge is 0.481 e. The van der Waals surface area contributed by atoms with Gasteiger partial charge in [-0.1, -0.05) is 42.5 Å². The van der Waals surface area contributed by atoms with Crippen molar-refractivity contribution in [3.63, 3.8) is 0 Å². The van der Waals surface area contributed by atoms with E-state index in [0.29, 0.717) is 6.54 Å². The number of hydrogen-bond acceptors (Lipinski definition) is 2. The Labute approximate surface area is 117 Å². The first-order valence-corrected chi connectivity index (χ1v) is 6.42. The minimum Gasteiger partial charge on any atom is -0.481 e. The molecule has 0 fully saturated rings. The van der Waals surface area contributed by atoms with Crippen molar-refractivity contribution >= 4 is 5.97 Å². The Kier molecular flexibility index (Phi) is 4.85. The summed E-state index contributed by atoms with van der Waals surface area (Å²) in [6, 6.07) is 15.8. The quantitative estimate of drug-likeness (QED) is 0.850. The van der Waals surface area contributed by atoms with Gasteiger partial charge in [-0.05, 0) is 23.3 Å². The summed E-state index contributed by atoms with van der Waals surface area (Å²) in [5, 5.41) is 11.9. The summed E-state index contributed by atoms with van der Waals surface area (Å²) in [5.74, 6) is -1.13. The second-order valence-corrected chi connectivity index (χ2v) is 4.49. The van der Waals surface area contributed by atoms with Gasteiger partial charge in [0.2, 0.25) is 0 Å². The molecule has 2 aromatic rings. The maximum absolute atomic E-state index is 13.0. The van der Waals surface area contributed by atoms with Crippen LogP contribution in [0.4, 0.5) is 4.39 Å². The van der Waals surface area contributed by atoms with E-state index in [-0.39, 0.29) is 18.3 Å². The lowest BCUT2D eigenvalue weighted by atomic mass is 9.98. The molecule has 0 saturated heterocycles. The van der Waals surface area contributed by atoms with Crippen LogP contribution in [0, 0.1) is 5.82 Å². The van der Waals surface area contributed by atoms with Crippen LogP contribution < -0.4 is 5.32 Å². The molecule has 2 N–H and O–H groups in total. The molecular formula is C16H16FNO2. The van der Waals surface area contributed by atoms with Gasteiger partial charge in [-0.25, -0.2) is 4.39 Å². The Morgan fingerprint density at radius 2 is 1.65 bits per heavy atom. The Balaban J connectivity index is 2.20. The van der Waals surface area contributed by atoms with Crippen LogP contribution in [0.3, 0.4) is 0 Å². The number of benzene rings is 2. The third kappa shape index (κ3) is 3.90. The zero-order valence-electron chi connectivity index (χ0n) is 10.9. The predicted octanol–water partition coefficient (Wildman–Crippen LogP) is 2.98. The fraction of sp³-hybridized carbons (Fsp3) is 0.188. The highest BCUT2D eigenvalue weighted by molar-refractivity contribution is 5.66. The average Bonchev–Trinajstić information content (AvgIpc) is 2.46. The zero-order valence-corrected chi connectivity index (χ0v) is 10.9. The summed E-state index contributed by atoms with van der Waals surface area (Å²) in [5.41, 5.74) is 1.92. The van der Waals surface area contributed by atoms with Gasteiger partial charge in [0.05, 0.1) is 12.5 Å². The molecule has 1 unspecified atom stereocenters. The van der Waals surface area contributed by atoms with Crippen molar-refractivity contribution in [1.29, 1.82) is 0 Å². The van der Waals surface area contributed by atoms with Gasteiger partial charge < -0.3 is 10.4 Å². The number of hydrogen-bond donors (Lipinski definition) is 2. The highest BCUT2D eigenvalue weighted by Crippen LogP contribution is 2.22. The zero-order chi connectivity index (χ0) is 14.4. The number of carboxylic acids is 1. The van der Waals surface area contributed by atoms with E-state index >= 15 is 0 Å². The van der Waals surface area contributed by atoms with Crippen LogP contribution in [-0.2, 0) is 4.79 Å². The van der Waals surface area contributed by atoms with E-state index < -0.39 is 5.97 Å². The van der Waals surface area contributed by atoms with E-state index in [0.717, 1.165) is 11.1 Å². The van der Waals surface area contributed by atoms with Crippen molar-refractivity contribution in [2.75, 3.05) is 6.54 Å². The van der Waals surface area contributed by atoms with Crippen molar-refractivity contribution in [3.8, 4) is 0 Å². The molecular weight excluding hydrogens is 257 g/mol. The summed E-state index contributed by atoms with van der Waals surface area (Å²) in [7, 11) is 0. The molecule has 20 heavy (non-hydrogen) atoms. The minimum atomic E-state index is -0.844. The molecule has 0 amide bonds. The molecule has 2 aromatic carbocycles. The van der Waals surface area contributed by atoms with Gasteiger partial charge in [-0.2, -0.15) is 0 Å². The van der Waals surface area contributed by atoms with Crippen molar-refractivity contribution in [2.45, 2.75) is 12.5 Å². The standard InChI is InChI=1S/C16H16FNO2/c17-14-8-6-13(7-9-14)16(18-11-10-15(19)20)12-4-2-1-3-5-12/h1-9,16,18H,10-11H2,(H,19,20). The van der Waals surface area contributed by atoms with E-state index in [2.05, 4.69) is 5.32 Å². The van der Waals surface area contributed by atoms with Gasteiger partial charge in [-0.3, -0.25) is 4.79 Å². The van der Waals surface area contributed by atoms with Crippen LogP contribution in [0.5, 0.6) is 0 Å². The molecule has 0 aromatic heterocycles. The van der Waals surface area contributed by atoms with E-state index in [1.807, 2.05) is 30.3 Å². The fourth-order valence-corrected chi connectivity index (χ4v) is 2.05. The molecule has 0 spiro atoms. The van der Waals surface area contributed by atoms with Crippen LogP contribution in [0.25, 0.3) is 0 Å². The Morgan fingerprint density at radius 1 is 1.05 bits per heavy atom. The highest BCUT2D eigenvalue weighted by atomic mass is 19.1. The lowest BCUT2D eigenvalue weighted by Gasteiger charge is -2.19. The van der Waals surface area contributed by atoms with Gasteiger partial charge in [0.15, 0.2) is 0 Å². The summed E-state index contributed by atoms with van der Waals surface area (Å²) in [6.45, 7) is 0.353. The highest BCUT2D eigenvalue weighted by Gasteiger charge is 2.13. The second-order valence-electron chi connectivity index (χ2n) is 4.49. The molecule has 0 bridgehead atoms. The molecule has 0 radical (unpaired) electrons. The molecule has 3 nitrogen and oxygen atoms in total. The smallest absolute Gasteiger partial charge is 0.304 e.